The maximum absolute atomic E-state index is 10.0. The molecule has 0 aromatic rings. The highest BCUT2D eigenvalue weighted by atomic mass is 16.5. The van der Waals surface area contributed by atoms with E-state index in [1.807, 2.05) is 0 Å². The zero-order chi connectivity index (χ0) is 13.9. The molecule has 112 valence electrons. The summed E-state index contributed by atoms with van der Waals surface area (Å²) in [5.74, 6) is 2.12. The van der Waals surface area contributed by atoms with Crippen LogP contribution in [0.1, 0.15) is 52.9 Å². The van der Waals surface area contributed by atoms with Gasteiger partial charge in [0, 0.05) is 6.61 Å². The van der Waals surface area contributed by atoms with Crippen LogP contribution < -0.4 is 0 Å². The maximum atomic E-state index is 10.0. The van der Waals surface area contributed by atoms with Crippen LogP contribution in [-0.4, -0.2) is 36.6 Å². The summed E-state index contributed by atoms with van der Waals surface area (Å²) >= 11 is 0. The number of rotatable bonds is 6. The van der Waals surface area contributed by atoms with Gasteiger partial charge in [0.1, 0.15) is 5.60 Å². The third-order valence-electron chi connectivity index (χ3n) is 4.75. The first kappa shape index (κ1) is 15.3. The lowest BCUT2D eigenvalue weighted by Gasteiger charge is -2.38. The van der Waals surface area contributed by atoms with E-state index in [1.54, 1.807) is 0 Å². The largest absolute Gasteiger partial charge is 0.385 e. The molecule has 1 N–H and O–H groups in total. The minimum atomic E-state index is -0.571. The van der Waals surface area contributed by atoms with E-state index >= 15 is 0 Å². The molecule has 0 bridgehead atoms. The normalized spacial score (nSPS) is 32.1. The van der Waals surface area contributed by atoms with E-state index in [4.69, 9.17) is 9.47 Å². The van der Waals surface area contributed by atoms with E-state index in [1.165, 1.54) is 25.7 Å². The average Bonchev–Trinajstić information content (AvgIpc) is 2.35. The van der Waals surface area contributed by atoms with Crippen LogP contribution in [0.5, 0.6) is 0 Å². The molecule has 2 rings (SSSR count). The van der Waals surface area contributed by atoms with Crippen molar-refractivity contribution in [1.29, 1.82) is 0 Å². The van der Waals surface area contributed by atoms with Crippen LogP contribution in [0.25, 0.3) is 0 Å². The molecule has 1 unspecified atom stereocenters. The lowest BCUT2D eigenvalue weighted by molar-refractivity contribution is -0.189. The molecule has 3 nitrogen and oxygen atoms in total. The molecule has 0 amide bonds. The molecule has 1 saturated heterocycles. The Bertz CT molecular complexity index is 265. The van der Waals surface area contributed by atoms with Gasteiger partial charge in [-0.2, -0.15) is 0 Å². The van der Waals surface area contributed by atoms with Crippen LogP contribution in [0.15, 0.2) is 0 Å². The number of hydrogen-bond donors (Lipinski definition) is 1. The van der Waals surface area contributed by atoms with Gasteiger partial charge in [0.15, 0.2) is 0 Å². The van der Waals surface area contributed by atoms with E-state index in [0.717, 1.165) is 24.9 Å². The molecule has 0 spiro atoms. The monoisotopic (exact) mass is 270 g/mol. The Kier molecular flexibility index (Phi) is 5.27. The Morgan fingerprint density at radius 1 is 1.16 bits per heavy atom. The molecule has 0 radical (unpaired) electrons. The van der Waals surface area contributed by atoms with Gasteiger partial charge < -0.3 is 14.6 Å². The van der Waals surface area contributed by atoms with E-state index in [2.05, 4.69) is 20.8 Å². The Labute approximate surface area is 117 Å². The highest BCUT2D eigenvalue weighted by molar-refractivity contribution is 4.86. The first-order valence-electron chi connectivity index (χ1n) is 7.90. The highest BCUT2D eigenvalue weighted by Crippen LogP contribution is 2.32. The Hall–Kier alpha value is -0.120. The van der Waals surface area contributed by atoms with Crippen molar-refractivity contribution in [3.63, 3.8) is 0 Å². The summed E-state index contributed by atoms with van der Waals surface area (Å²) in [6.07, 6.45) is 6.30. The quantitative estimate of drug-likeness (QED) is 0.806. The lowest BCUT2D eigenvalue weighted by atomic mass is 9.80. The molecule has 3 heteroatoms. The molecule has 1 aliphatic carbocycles. The first-order chi connectivity index (χ1) is 8.98. The fourth-order valence-corrected chi connectivity index (χ4v) is 3.39. The fraction of sp³-hybridized carbons (Fsp3) is 1.00. The first-order valence-corrected chi connectivity index (χ1v) is 7.90. The molecule has 19 heavy (non-hydrogen) atoms. The van der Waals surface area contributed by atoms with E-state index < -0.39 is 5.60 Å². The predicted molar refractivity (Wildman–Crippen MR) is 76.1 cm³/mol. The Morgan fingerprint density at radius 3 is 2.26 bits per heavy atom. The zero-order valence-electron chi connectivity index (χ0n) is 12.7. The van der Waals surface area contributed by atoms with Gasteiger partial charge in [0.2, 0.25) is 0 Å². The molecule has 0 aromatic heterocycles. The molecule has 0 aromatic carbocycles. The van der Waals surface area contributed by atoms with Crippen molar-refractivity contribution in [2.24, 2.45) is 17.8 Å². The zero-order valence-corrected chi connectivity index (χ0v) is 12.7. The Morgan fingerprint density at radius 2 is 1.79 bits per heavy atom. The second-order valence-corrected chi connectivity index (χ2v) is 7.14. The SMILES string of the molecule is CC(COC1CCC(C(C)C)CC1)CC1(O)COC1. The molecule has 1 heterocycles. The minimum Gasteiger partial charge on any atom is -0.385 e. The summed E-state index contributed by atoms with van der Waals surface area (Å²) in [6, 6.07) is 0. The predicted octanol–water partition coefficient (Wildman–Crippen LogP) is 3.01. The molecular formula is C16H30O3. The van der Waals surface area contributed by atoms with Gasteiger partial charge >= 0.3 is 0 Å². The summed E-state index contributed by atoms with van der Waals surface area (Å²) in [6.45, 7) is 8.59. The number of hydrogen-bond acceptors (Lipinski definition) is 3. The van der Waals surface area contributed by atoms with Crippen LogP contribution in [0, 0.1) is 17.8 Å². The summed E-state index contributed by atoms with van der Waals surface area (Å²) in [7, 11) is 0. The topological polar surface area (TPSA) is 38.7 Å². The fourth-order valence-electron chi connectivity index (χ4n) is 3.39. The van der Waals surface area contributed by atoms with Crippen molar-refractivity contribution < 1.29 is 14.6 Å². The lowest BCUT2D eigenvalue weighted by Crippen LogP contribution is -2.50. The van der Waals surface area contributed by atoms with Crippen LogP contribution in [-0.2, 0) is 9.47 Å². The van der Waals surface area contributed by atoms with Crippen LogP contribution in [0.4, 0.5) is 0 Å². The van der Waals surface area contributed by atoms with Gasteiger partial charge in [0.25, 0.3) is 0 Å². The van der Waals surface area contributed by atoms with Crippen molar-refractivity contribution in [2.45, 2.75) is 64.6 Å². The standard InChI is InChI=1S/C16H30O3/c1-12(2)14-4-6-15(7-5-14)19-9-13(3)8-16(17)10-18-11-16/h12-15,17H,4-11H2,1-3H3. The Balaban J connectivity index is 1.61. The van der Waals surface area contributed by atoms with Crippen molar-refractivity contribution in [3.8, 4) is 0 Å². The minimum absolute atomic E-state index is 0.414. The van der Waals surface area contributed by atoms with Crippen LogP contribution in [0.3, 0.4) is 0 Å². The van der Waals surface area contributed by atoms with Gasteiger partial charge in [-0.05, 0) is 49.9 Å². The van der Waals surface area contributed by atoms with Gasteiger partial charge in [-0.1, -0.05) is 20.8 Å². The van der Waals surface area contributed by atoms with Gasteiger partial charge in [-0.25, -0.2) is 0 Å². The smallest absolute Gasteiger partial charge is 0.111 e. The van der Waals surface area contributed by atoms with E-state index in [9.17, 15) is 5.11 Å². The molecule has 1 atom stereocenters. The molecular weight excluding hydrogens is 240 g/mol. The van der Waals surface area contributed by atoms with Crippen molar-refractivity contribution >= 4 is 0 Å². The molecule has 1 saturated carbocycles. The second-order valence-electron chi connectivity index (χ2n) is 7.14. The van der Waals surface area contributed by atoms with Crippen LogP contribution >= 0.6 is 0 Å². The maximum Gasteiger partial charge on any atom is 0.111 e. The van der Waals surface area contributed by atoms with Gasteiger partial charge in [-0.15, -0.1) is 0 Å². The average molecular weight is 270 g/mol. The molecule has 1 aliphatic heterocycles. The molecule has 2 fully saturated rings. The van der Waals surface area contributed by atoms with Crippen LogP contribution in [0.2, 0.25) is 0 Å². The third kappa shape index (κ3) is 4.44. The summed E-state index contributed by atoms with van der Waals surface area (Å²) in [5.41, 5.74) is -0.571. The second kappa shape index (κ2) is 6.55. The molecule has 2 aliphatic rings. The van der Waals surface area contributed by atoms with E-state index in [0.29, 0.717) is 25.2 Å². The summed E-state index contributed by atoms with van der Waals surface area (Å²) < 4.78 is 11.1. The number of ether oxygens (including phenoxy) is 2. The summed E-state index contributed by atoms with van der Waals surface area (Å²) in [5, 5.41) is 10.0. The van der Waals surface area contributed by atoms with Crippen molar-refractivity contribution in [1.82, 2.24) is 0 Å². The van der Waals surface area contributed by atoms with Crippen molar-refractivity contribution in [3.05, 3.63) is 0 Å². The van der Waals surface area contributed by atoms with Gasteiger partial charge in [0.05, 0.1) is 19.3 Å². The van der Waals surface area contributed by atoms with Gasteiger partial charge in [-0.3, -0.25) is 0 Å². The van der Waals surface area contributed by atoms with E-state index in [-0.39, 0.29) is 0 Å². The third-order valence-corrected chi connectivity index (χ3v) is 4.75. The van der Waals surface area contributed by atoms with Crippen molar-refractivity contribution in [2.75, 3.05) is 19.8 Å². The highest BCUT2D eigenvalue weighted by Gasteiger charge is 2.37. The number of aliphatic hydroxyl groups is 1. The summed E-state index contributed by atoms with van der Waals surface area (Å²) in [4.78, 5) is 0.